The first kappa shape index (κ1) is 13.5. The topological polar surface area (TPSA) is 46.2 Å². The highest BCUT2D eigenvalue weighted by Crippen LogP contribution is 2.37. The predicted molar refractivity (Wildman–Crippen MR) is 81.6 cm³/mol. The number of amides is 1. The van der Waals surface area contributed by atoms with E-state index in [9.17, 15) is 9.59 Å². The molecule has 0 radical (unpaired) electrons. The number of Topliss-reactive ketones (excluding diaryl/α,β-unsaturated/α-hetero) is 1. The van der Waals surface area contributed by atoms with Gasteiger partial charge in [-0.2, -0.15) is 11.3 Å². The fraction of sp³-hybridized carbons (Fsp3) is 0.200. The molecular weight excluding hydrogens is 338 g/mol. The van der Waals surface area contributed by atoms with Gasteiger partial charge in [-0.15, -0.1) is 0 Å². The summed E-state index contributed by atoms with van der Waals surface area (Å²) in [5.74, 6) is -0.238. The van der Waals surface area contributed by atoms with Gasteiger partial charge in [0.1, 0.15) is 5.78 Å². The molecule has 3 rings (SSSR count). The standard InChI is InChI=1S/C15H12BrNO2S/c16-12-3-1-10(2-4-12)15(11-5-6-20-9-11)8-13(18)7-14(19)17-15/h1-6,9H,7-8H2,(H,17,19)/t15-/m1/s1. The SMILES string of the molecule is O=C1CC(=O)N[C@](c2ccc(Br)cc2)(c2ccsc2)C1. The van der Waals surface area contributed by atoms with E-state index >= 15 is 0 Å². The van der Waals surface area contributed by atoms with Crippen molar-refractivity contribution >= 4 is 39.0 Å². The van der Waals surface area contributed by atoms with Crippen molar-refractivity contribution in [1.82, 2.24) is 5.32 Å². The number of carbonyl (C=O) groups is 2. The highest BCUT2D eigenvalue weighted by molar-refractivity contribution is 9.10. The molecule has 0 spiro atoms. The van der Waals surface area contributed by atoms with Crippen LogP contribution in [0.4, 0.5) is 0 Å². The van der Waals surface area contributed by atoms with E-state index in [1.807, 2.05) is 41.1 Å². The zero-order chi connectivity index (χ0) is 14.2. The summed E-state index contributed by atoms with van der Waals surface area (Å²) in [6, 6.07) is 9.70. The lowest BCUT2D eigenvalue weighted by Crippen LogP contribution is -2.52. The quantitative estimate of drug-likeness (QED) is 0.846. The second kappa shape index (κ2) is 5.14. The highest BCUT2D eigenvalue weighted by atomic mass is 79.9. The highest BCUT2D eigenvalue weighted by Gasteiger charge is 2.42. The molecule has 1 amide bonds. The Labute approximate surface area is 129 Å². The van der Waals surface area contributed by atoms with Crippen LogP contribution in [0.25, 0.3) is 0 Å². The molecule has 2 aromatic rings. The molecule has 1 aromatic heterocycles. The van der Waals surface area contributed by atoms with E-state index in [0.717, 1.165) is 15.6 Å². The van der Waals surface area contributed by atoms with Gasteiger partial charge in [0.2, 0.25) is 5.91 Å². The molecule has 0 unspecified atom stereocenters. The summed E-state index contributed by atoms with van der Waals surface area (Å²) in [6.45, 7) is 0. The van der Waals surface area contributed by atoms with Crippen LogP contribution in [0, 0.1) is 0 Å². The molecule has 1 aliphatic rings. The number of hydrogen-bond donors (Lipinski definition) is 1. The number of ketones is 1. The van der Waals surface area contributed by atoms with E-state index in [2.05, 4.69) is 21.2 Å². The molecule has 0 saturated carbocycles. The number of thiophene rings is 1. The molecular formula is C15H12BrNO2S. The van der Waals surface area contributed by atoms with Crippen molar-refractivity contribution in [3.05, 3.63) is 56.7 Å². The first-order valence-electron chi connectivity index (χ1n) is 6.21. The van der Waals surface area contributed by atoms with Crippen LogP contribution < -0.4 is 5.32 Å². The largest absolute Gasteiger partial charge is 0.342 e. The van der Waals surface area contributed by atoms with Crippen molar-refractivity contribution in [3.8, 4) is 0 Å². The van der Waals surface area contributed by atoms with Gasteiger partial charge in [0.05, 0.1) is 12.0 Å². The van der Waals surface area contributed by atoms with Crippen molar-refractivity contribution in [1.29, 1.82) is 0 Å². The second-order valence-electron chi connectivity index (χ2n) is 4.86. The maximum atomic E-state index is 12.0. The minimum atomic E-state index is -0.729. The summed E-state index contributed by atoms with van der Waals surface area (Å²) >= 11 is 4.97. The molecule has 1 aliphatic heterocycles. The first-order valence-corrected chi connectivity index (χ1v) is 7.95. The average Bonchev–Trinajstić information content (AvgIpc) is 2.92. The molecule has 20 heavy (non-hydrogen) atoms. The van der Waals surface area contributed by atoms with E-state index in [1.54, 1.807) is 11.3 Å². The van der Waals surface area contributed by atoms with Crippen LogP contribution in [0.3, 0.4) is 0 Å². The zero-order valence-electron chi connectivity index (χ0n) is 10.6. The first-order chi connectivity index (χ1) is 9.60. The van der Waals surface area contributed by atoms with Gasteiger partial charge in [-0.25, -0.2) is 0 Å². The molecule has 2 heterocycles. The van der Waals surface area contributed by atoms with E-state index in [1.165, 1.54) is 0 Å². The lowest BCUT2D eigenvalue weighted by Gasteiger charge is -2.37. The number of halogens is 1. The van der Waals surface area contributed by atoms with Gasteiger partial charge in [0.15, 0.2) is 0 Å². The summed E-state index contributed by atoms with van der Waals surface area (Å²) < 4.78 is 0.968. The van der Waals surface area contributed by atoms with Crippen molar-refractivity contribution < 1.29 is 9.59 Å². The van der Waals surface area contributed by atoms with Crippen molar-refractivity contribution in [2.24, 2.45) is 0 Å². The van der Waals surface area contributed by atoms with E-state index in [-0.39, 0.29) is 18.1 Å². The number of nitrogens with one attached hydrogen (secondary N) is 1. The summed E-state index contributed by atoms with van der Waals surface area (Å²) in [7, 11) is 0. The molecule has 3 nitrogen and oxygen atoms in total. The van der Waals surface area contributed by atoms with Crippen molar-refractivity contribution in [3.63, 3.8) is 0 Å². The van der Waals surface area contributed by atoms with Gasteiger partial charge in [-0.1, -0.05) is 28.1 Å². The average molecular weight is 350 g/mol. The number of carbonyl (C=O) groups excluding carboxylic acids is 2. The minimum Gasteiger partial charge on any atom is -0.342 e. The normalized spacial score (nSPS) is 22.6. The molecule has 1 fully saturated rings. The lowest BCUT2D eigenvalue weighted by molar-refractivity contribution is -0.133. The Hall–Kier alpha value is -1.46. The third-order valence-corrected chi connectivity index (χ3v) is 4.74. The monoisotopic (exact) mass is 349 g/mol. The third-order valence-electron chi connectivity index (χ3n) is 3.52. The summed E-state index contributed by atoms with van der Waals surface area (Å²) in [6.07, 6.45) is 0.277. The summed E-state index contributed by atoms with van der Waals surface area (Å²) in [5.41, 5.74) is 1.17. The lowest BCUT2D eigenvalue weighted by atomic mass is 9.77. The van der Waals surface area contributed by atoms with Crippen LogP contribution in [-0.2, 0) is 15.1 Å². The number of rotatable bonds is 2. The number of piperidine rings is 1. The molecule has 1 saturated heterocycles. The minimum absolute atomic E-state index is 0.0251. The van der Waals surface area contributed by atoms with E-state index in [4.69, 9.17) is 0 Å². The maximum absolute atomic E-state index is 12.0. The zero-order valence-corrected chi connectivity index (χ0v) is 13.0. The molecule has 1 atom stereocenters. The van der Waals surface area contributed by atoms with Crippen LogP contribution in [0.5, 0.6) is 0 Å². The van der Waals surface area contributed by atoms with Crippen LogP contribution in [0.2, 0.25) is 0 Å². The number of hydrogen-bond acceptors (Lipinski definition) is 3. The third kappa shape index (κ3) is 2.31. The van der Waals surface area contributed by atoms with Crippen LogP contribution >= 0.6 is 27.3 Å². The Kier molecular flexibility index (Phi) is 3.48. The van der Waals surface area contributed by atoms with E-state index in [0.29, 0.717) is 6.42 Å². The van der Waals surface area contributed by atoms with Gasteiger partial charge < -0.3 is 5.32 Å². The maximum Gasteiger partial charge on any atom is 0.228 e. The van der Waals surface area contributed by atoms with Crippen LogP contribution in [0.1, 0.15) is 24.0 Å². The fourth-order valence-corrected chi connectivity index (χ4v) is 3.62. The summed E-state index contributed by atoms with van der Waals surface area (Å²) in [5, 5.41) is 6.98. The molecule has 5 heteroatoms. The van der Waals surface area contributed by atoms with Crippen LogP contribution in [-0.4, -0.2) is 11.7 Å². The Bertz CT molecular complexity index is 633. The molecule has 0 bridgehead atoms. The van der Waals surface area contributed by atoms with Crippen molar-refractivity contribution in [2.75, 3.05) is 0 Å². The summed E-state index contributed by atoms with van der Waals surface area (Å²) in [4.78, 5) is 23.8. The Morgan fingerprint density at radius 2 is 1.85 bits per heavy atom. The Morgan fingerprint density at radius 3 is 2.45 bits per heavy atom. The van der Waals surface area contributed by atoms with Gasteiger partial charge in [-0.05, 0) is 40.1 Å². The molecule has 102 valence electrons. The smallest absolute Gasteiger partial charge is 0.228 e. The fourth-order valence-electron chi connectivity index (χ4n) is 2.62. The second-order valence-corrected chi connectivity index (χ2v) is 6.56. The molecule has 0 aliphatic carbocycles. The van der Waals surface area contributed by atoms with Crippen LogP contribution in [0.15, 0.2) is 45.6 Å². The van der Waals surface area contributed by atoms with Gasteiger partial charge in [-0.3, -0.25) is 9.59 Å². The van der Waals surface area contributed by atoms with Gasteiger partial charge in [0.25, 0.3) is 0 Å². The molecule has 1 N–H and O–H groups in total. The van der Waals surface area contributed by atoms with Crippen molar-refractivity contribution in [2.45, 2.75) is 18.4 Å². The molecule has 1 aromatic carbocycles. The number of benzene rings is 1. The van der Waals surface area contributed by atoms with E-state index < -0.39 is 5.54 Å². The van der Waals surface area contributed by atoms with Gasteiger partial charge in [0, 0.05) is 10.9 Å². The Balaban J connectivity index is 2.15. The predicted octanol–water partition coefficient (Wildman–Crippen LogP) is 3.23. The Morgan fingerprint density at radius 1 is 1.10 bits per heavy atom. The van der Waals surface area contributed by atoms with Gasteiger partial charge >= 0.3 is 0 Å².